The van der Waals surface area contributed by atoms with Crippen molar-refractivity contribution in [3.05, 3.63) is 60.2 Å². The summed E-state index contributed by atoms with van der Waals surface area (Å²) in [4.78, 5) is 28.9. The zero-order chi connectivity index (χ0) is 32.3. The lowest BCUT2D eigenvalue weighted by Crippen LogP contribution is -2.57. The first-order valence-electron chi connectivity index (χ1n) is 15.6. The molecule has 2 amide bonds. The zero-order valence-corrected chi connectivity index (χ0v) is 27.6. The predicted octanol–water partition coefficient (Wildman–Crippen LogP) is 3.06. The third kappa shape index (κ3) is 10.3. The highest BCUT2D eigenvalue weighted by Gasteiger charge is 2.34. The van der Waals surface area contributed by atoms with Crippen LogP contribution in [-0.2, 0) is 26.0 Å². The summed E-state index contributed by atoms with van der Waals surface area (Å²) in [5.74, 6) is -0.241. The van der Waals surface area contributed by atoms with E-state index in [0.29, 0.717) is 12.2 Å². The summed E-state index contributed by atoms with van der Waals surface area (Å²) < 4.78 is 33.9. The maximum atomic E-state index is 13.8. The Hall–Kier alpha value is -2.99. The Bertz CT molecular complexity index is 1280. The summed E-state index contributed by atoms with van der Waals surface area (Å²) in [7, 11) is -2.46. The fourth-order valence-corrected chi connectivity index (χ4v) is 7.02. The number of nitrogens with one attached hydrogen (secondary N) is 2. The summed E-state index contributed by atoms with van der Waals surface area (Å²) in [5.41, 5.74) is 0.878. The SMILES string of the molecule is CCC(C)C(NC(=O)CN1CCCC1)C(=O)NC(Cc1ccccc1)C(O)CN(CC(C)C)S(=O)(=O)c1ccc(OC)cc1. The van der Waals surface area contributed by atoms with E-state index >= 15 is 0 Å². The van der Waals surface area contributed by atoms with Gasteiger partial charge < -0.3 is 20.5 Å². The fraction of sp³-hybridized carbons (Fsp3) is 0.576. The van der Waals surface area contributed by atoms with E-state index in [0.717, 1.165) is 31.5 Å². The smallest absolute Gasteiger partial charge is 0.243 e. The van der Waals surface area contributed by atoms with Crippen LogP contribution < -0.4 is 15.4 Å². The van der Waals surface area contributed by atoms with Gasteiger partial charge in [-0.15, -0.1) is 0 Å². The van der Waals surface area contributed by atoms with Gasteiger partial charge in [0.15, 0.2) is 0 Å². The molecule has 1 saturated heterocycles. The molecule has 0 aromatic heterocycles. The van der Waals surface area contributed by atoms with E-state index in [2.05, 4.69) is 15.5 Å². The van der Waals surface area contributed by atoms with Gasteiger partial charge in [0, 0.05) is 13.1 Å². The molecule has 0 radical (unpaired) electrons. The van der Waals surface area contributed by atoms with Gasteiger partial charge in [0.1, 0.15) is 11.8 Å². The van der Waals surface area contributed by atoms with Crippen LogP contribution in [0.15, 0.2) is 59.5 Å². The van der Waals surface area contributed by atoms with E-state index in [1.54, 1.807) is 12.1 Å². The average molecular weight is 631 g/mol. The fourth-order valence-electron chi connectivity index (χ4n) is 5.40. The van der Waals surface area contributed by atoms with Gasteiger partial charge in [-0.05, 0) is 74.0 Å². The highest BCUT2D eigenvalue weighted by Crippen LogP contribution is 2.22. The molecule has 0 bridgehead atoms. The summed E-state index contributed by atoms with van der Waals surface area (Å²) in [6.07, 6.45) is 1.83. The maximum Gasteiger partial charge on any atom is 0.243 e. The molecule has 244 valence electrons. The van der Waals surface area contributed by atoms with Crippen molar-refractivity contribution in [1.82, 2.24) is 19.8 Å². The molecule has 1 aliphatic rings. The Morgan fingerprint density at radius 2 is 1.61 bits per heavy atom. The van der Waals surface area contributed by atoms with Crippen molar-refractivity contribution in [3.63, 3.8) is 0 Å². The molecule has 4 atom stereocenters. The molecule has 2 aromatic carbocycles. The molecule has 44 heavy (non-hydrogen) atoms. The van der Waals surface area contributed by atoms with Crippen molar-refractivity contribution in [2.45, 2.75) is 76.5 Å². The number of nitrogens with zero attached hydrogens (tertiary/aromatic N) is 2. The lowest BCUT2D eigenvalue weighted by atomic mass is 9.96. The van der Waals surface area contributed by atoms with E-state index < -0.39 is 34.1 Å². The Morgan fingerprint density at radius 1 is 0.977 bits per heavy atom. The maximum absolute atomic E-state index is 13.8. The van der Waals surface area contributed by atoms with Gasteiger partial charge in [-0.2, -0.15) is 4.31 Å². The molecule has 1 fully saturated rings. The molecular formula is C33H50N4O6S. The molecule has 0 spiro atoms. The molecule has 3 N–H and O–H groups in total. The van der Waals surface area contributed by atoms with Crippen molar-refractivity contribution >= 4 is 21.8 Å². The average Bonchev–Trinajstić information content (AvgIpc) is 3.52. The second-order valence-corrected chi connectivity index (χ2v) is 14.1. The monoisotopic (exact) mass is 630 g/mol. The number of carbonyl (C=O) groups is 2. The number of aliphatic hydroxyl groups is 1. The lowest BCUT2D eigenvalue weighted by molar-refractivity contribution is -0.131. The molecule has 4 unspecified atom stereocenters. The van der Waals surface area contributed by atoms with Crippen LogP contribution in [-0.4, -0.2) is 92.6 Å². The van der Waals surface area contributed by atoms with Crippen LogP contribution in [0.1, 0.15) is 52.5 Å². The first-order chi connectivity index (χ1) is 20.9. The molecule has 0 saturated carbocycles. The second kappa shape index (κ2) is 16.9. The Kier molecular flexibility index (Phi) is 13.6. The largest absolute Gasteiger partial charge is 0.497 e. The number of amides is 2. The summed E-state index contributed by atoms with van der Waals surface area (Å²) in [6.45, 7) is 9.62. The number of likely N-dealkylation sites (tertiary alicyclic amines) is 1. The van der Waals surface area contributed by atoms with Crippen LogP contribution in [0.3, 0.4) is 0 Å². The topological polar surface area (TPSA) is 128 Å². The standard InChI is InChI=1S/C33H50N4O6S/c1-6-25(4)32(35-31(39)23-36-18-10-11-19-36)33(40)34-29(20-26-12-8-7-9-13-26)30(38)22-37(21-24(2)3)44(41,42)28-16-14-27(43-5)15-17-28/h7-9,12-17,24-25,29-30,32,38H,6,10-11,18-23H2,1-5H3,(H,34,40)(H,35,39). The Labute approximate surface area is 263 Å². The minimum Gasteiger partial charge on any atom is -0.497 e. The minimum absolute atomic E-state index is 0.0157. The summed E-state index contributed by atoms with van der Waals surface area (Å²) >= 11 is 0. The number of hydrogen-bond donors (Lipinski definition) is 3. The van der Waals surface area contributed by atoms with Gasteiger partial charge in [0.2, 0.25) is 21.8 Å². The lowest BCUT2D eigenvalue weighted by Gasteiger charge is -2.32. The zero-order valence-electron chi connectivity index (χ0n) is 26.7. The van der Waals surface area contributed by atoms with Crippen LogP contribution in [0.25, 0.3) is 0 Å². The Balaban J connectivity index is 1.85. The third-order valence-electron chi connectivity index (χ3n) is 8.13. The molecular weight excluding hydrogens is 580 g/mol. The van der Waals surface area contributed by atoms with Crippen molar-refractivity contribution in [1.29, 1.82) is 0 Å². The number of aliphatic hydroxyl groups excluding tert-OH is 1. The van der Waals surface area contributed by atoms with Crippen molar-refractivity contribution in [3.8, 4) is 5.75 Å². The number of methoxy groups -OCH3 is 1. The van der Waals surface area contributed by atoms with E-state index in [1.165, 1.54) is 23.5 Å². The van der Waals surface area contributed by atoms with Crippen LogP contribution in [0.2, 0.25) is 0 Å². The number of benzene rings is 2. The van der Waals surface area contributed by atoms with Crippen molar-refractivity contribution in [2.75, 3.05) is 39.8 Å². The molecule has 1 heterocycles. The van der Waals surface area contributed by atoms with Crippen LogP contribution in [0.5, 0.6) is 5.75 Å². The van der Waals surface area contributed by atoms with Gasteiger partial charge in [0.05, 0.1) is 30.7 Å². The first-order valence-corrected chi connectivity index (χ1v) is 17.1. The predicted molar refractivity (Wildman–Crippen MR) is 172 cm³/mol. The molecule has 11 heteroatoms. The number of sulfonamides is 1. The molecule has 1 aliphatic heterocycles. The summed E-state index contributed by atoms with van der Waals surface area (Å²) in [5, 5.41) is 17.5. The van der Waals surface area contributed by atoms with Gasteiger partial charge in [-0.1, -0.05) is 64.4 Å². The van der Waals surface area contributed by atoms with E-state index in [4.69, 9.17) is 4.74 Å². The van der Waals surface area contributed by atoms with Crippen LogP contribution in [0, 0.1) is 11.8 Å². The highest BCUT2D eigenvalue weighted by atomic mass is 32.2. The van der Waals surface area contributed by atoms with Gasteiger partial charge in [-0.3, -0.25) is 14.5 Å². The molecule has 3 rings (SSSR count). The van der Waals surface area contributed by atoms with Gasteiger partial charge in [0.25, 0.3) is 0 Å². The third-order valence-corrected chi connectivity index (χ3v) is 9.97. The van der Waals surface area contributed by atoms with E-state index in [1.807, 2.05) is 58.0 Å². The second-order valence-electron chi connectivity index (χ2n) is 12.2. The van der Waals surface area contributed by atoms with E-state index in [-0.39, 0.29) is 48.7 Å². The highest BCUT2D eigenvalue weighted by molar-refractivity contribution is 7.89. The first kappa shape index (κ1) is 35.5. The quantitative estimate of drug-likeness (QED) is 0.245. The van der Waals surface area contributed by atoms with Crippen molar-refractivity contribution < 1.29 is 27.9 Å². The number of hydrogen-bond acceptors (Lipinski definition) is 7. The molecule has 2 aromatic rings. The van der Waals surface area contributed by atoms with E-state index in [9.17, 15) is 23.1 Å². The molecule has 0 aliphatic carbocycles. The van der Waals surface area contributed by atoms with Crippen LogP contribution >= 0.6 is 0 Å². The number of carbonyl (C=O) groups excluding carboxylic acids is 2. The summed E-state index contributed by atoms with van der Waals surface area (Å²) in [6, 6.07) is 14.0. The van der Waals surface area contributed by atoms with Crippen LogP contribution in [0.4, 0.5) is 0 Å². The van der Waals surface area contributed by atoms with Gasteiger partial charge in [-0.25, -0.2) is 8.42 Å². The van der Waals surface area contributed by atoms with Crippen molar-refractivity contribution in [2.24, 2.45) is 11.8 Å². The number of ether oxygens (including phenoxy) is 1. The molecule has 10 nitrogen and oxygen atoms in total. The number of rotatable bonds is 17. The Morgan fingerprint density at radius 3 is 2.18 bits per heavy atom. The normalized spacial score (nSPS) is 16.8. The van der Waals surface area contributed by atoms with Gasteiger partial charge >= 0.3 is 0 Å². The minimum atomic E-state index is -3.97.